The summed E-state index contributed by atoms with van der Waals surface area (Å²) in [6.07, 6.45) is 0.422. The molecule has 0 heterocycles. The molecule has 0 saturated carbocycles. The zero-order valence-corrected chi connectivity index (χ0v) is 13.7. The number of carboxylic acids is 2. The van der Waals surface area contributed by atoms with E-state index in [1.54, 1.807) is 20.8 Å². The van der Waals surface area contributed by atoms with E-state index in [2.05, 4.69) is 4.74 Å². The Bertz CT molecular complexity index is 354. The van der Waals surface area contributed by atoms with Crippen LogP contribution in [0.3, 0.4) is 0 Å². The quantitative estimate of drug-likeness (QED) is 0.490. The second-order valence-corrected chi connectivity index (χ2v) is 4.25. The Hall–Kier alpha value is -1.96. The first-order valence-electron chi connectivity index (χ1n) is 6.77. The molecule has 0 bridgehead atoms. The average Bonchev–Trinajstić information content (AvgIpc) is 2.37. The number of rotatable bonds is 6. The number of Topliss-reactive ketones (excluding diaryl/α,β-unsaturated/α-hetero) is 1. The van der Waals surface area contributed by atoms with Crippen LogP contribution in [0.2, 0.25) is 0 Å². The summed E-state index contributed by atoms with van der Waals surface area (Å²) in [6, 6.07) is 0. The third-order valence-electron chi connectivity index (χ3n) is 2.27. The second-order valence-electron chi connectivity index (χ2n) is 4.25. The van der Waals surface area contributed by atoms with E-state index in [0.29, 0.717) is 6.61 Å². The zero-order chi connectivity index (χ0) is 18.3. The van der Waals surface area contributed by atoms with Crippen molar-refractivity contribution in [3.05, 3.63) is 0 Å². The molecular weight excluding hydrogens is 296 g/mol. The van der Waals surface area contributed by atoms with Crippen molar-refractivity contribution in [3.63, 3.8) is 0 Å². The smallest absolute Gasteiger partial charge is 0.335 e. The highest BCUT2D eigenvalue weighted by molar-refractivity contribution is 5.94. The predicted octanol–water partition coefficient (Wildman–Crippen LogP) is 1.24. The second kappa shape index (κ2) is 14.0. The van der Waals surface area contributed by atoms with Crippen molar-refractivity contribution in [1.82, 2.24) is 0 Å². The summed E-state index contributed by atoms with van der Waals surface area (Å²) < 4.78 is 4.49. The van der Waals surface area contributed by atoms with Crippen molar-refractivity contribution in [2.75, 3.05) is 6.61 Å². The third-order valence-corrected chi connectivity index (χ3v) is 2.27. The van der Waals surface area contributed by atoms with E-state index in [0.717, 1.165) is 6.92 Å². The highest BCUT2D eigenvalue weighted by atomic mass is 16.5. The van der Waals surface area contributed by atoms with Gasteiger partial charge in [0.25, 0.3) is 5.97 Å². The lowest BCUT2D eigenvalue weighted by atomic mass is 9.98. The molecule has 0 aliphatic heterocycles. The van der Waals surface area contributed by atoms with E-state index in [1.165, 1.54) is 6.92 Å². The Kier molecular flexibility index (Phi) is 15.9. The number of ketones is 1. The molecule has 0 aliphatic carbocycles. The first-order valence-corrected chi connectivity index (χ1v) is 6.77. The molecular formula is C14H26O8. The number of carbonyl (C=O) groups is 4. The van der Waals surface area contributed by atoms with Gasteiger partial charge in [0.1, 0.15) is 12.2 Å². The van der Waals surface area contributed by atoms with Crippen LogP contribution < -0.4 is 0 Å². The van der Waals surface area contributed by atoms with E-state index in [-0.39, 0.29) is 25.0 Å². The molecule has 0 atom stereocenters. The molecule has 3 N–H and O–H groups in total. The summed E-state index contributed by atoms with van der Waals surface area (Å²) in [5.41, 5.74) is -1.50. The molecule has 0 amide bonds. The van der Waals surface area contributed by atoms with Gasteiger partial charge in [0, 0.05) is 6.92 Å². The first-order chi connectivity index (χ1) is 9.96. The normalized spacial score (nSPS) is 9.36. The minimum atomic E-state index is -1.50. The van der Waals surface area contributed by atoms with Gasteiger partial charge in [-0.25, -0.2) is 4.79 Å². The lowest BCUT2D eigenvalue weighted by molar-refractivity contribution is -0.159. The monoisotopic (exact) mass is 322 g/mol. The maximum Gasteiger partial charge on any atom is 0.335 e. The number of hydrogen-bond donors (Lipinski definition) is 3. The van der Waals surface area contributed by atoms with Crippen LogP contribution in [-0.2, 0) is 23.9 Å². The molecule has 8 heteroatoms. The molecule has 0 aliphatic rings. The number of aliphatic carboxylic acids is 2. The van der Waals surface area contributed by atoms with E-state index in [1.807, 2.05) is 0 Å². The lowest BCUT2D eigenvalue weighted by Crippen LogP contribution is -2.36. The molecule has 0 unspecified atom stereocenters. The van der Waals surface area contributed by atoms with Crippen LogP contribution in [0.5, 0.6) is 0 Å². The first kappa shape index (κ1) is 25.0. The van der Waals surface area contributed by atoms with Crippen LogP contribution in [0.4, 0.5) is 0 Å². The largest absolute Gasteiger partial charge is 0.481 e. The summed E-state index contributed by atoms with van der Waals surface area (Å²) in [5.74, 6) is -2.56. The molecule has 0 saturated heterocycles. The van der Waals surface area contributed by atoms with Gasteiger partial charge in [0.2, 0.25) is 0 Å². The summed E-state index contributed by atoms with van der Waals surface area (Å²) in [6.45, 7) is 7.79. The van der Waals surface area contributed by atoms with Crippen molar-refractivity contribution >= 4 is 23.7 Å². The van der Waals surface area contributed by atoms with E-state index >= 15 is 0 Å². The molecule has 0 spiro atoms. The number of ether oxygens (including phenoxy) is 1. The van der Waals surface area contributed by atoms with Gasteiger partial charge in [-0.05, 0) is 26.7 Å². The maximum atomic E-state index is 10.4. The predicted molar refractivity (Wildman–Crippen MR) is 78.4 cm³/mol. The van der Waals surface area contributed by atoms with Gasteiger partial charge < -0.3 is 20.1 Å². The number of aliphatic hydroxyl groups is 1. The van der Waals surface area contributed by atoms with Gasteiger partial charge in [-0.2, -0.15) is 0 Å². The van der Waals surface area contributed by atoms with Gasteiger partial charge in [-0.3, -0.25) is 14.4 Å². The van der Waals surface area contributed by atoms with Crippen molar-refractivity contribution in [3.8, 4) is 0 Å². The Morgan fingerprint density at radius 3 is 1.45 bits per heavy atom. The molecule has 130 valence electrons. The van der Waals surface area contributed by atoms with E-state index < -0.39 is 23.5 Å². The van der Waals surface area contributed by atoms with Crippen molar-refractivity contribution in [2.24, 2.45) is 0 Å². The van der Waals surface area contributed by atoms with Gasteiger partial charge in [0.15, 0.2) is 5.60 Å². The fourth-order valence-electron chi connectivity index (χ4n) is 0.968. The Labute approximate surface area is 130 Å². The minimum Gasteiger partial charge on any atom is -0.481 e. The van der Waals surface area contributed by atoms with Crippen LogP contribution in [0.1, 0.15) is 53.9 Å². The Balaban J connectivity index is -0.000000266. The van der Waals surface area contributed by atoms with Crippen LogP contribution >= 0.6 is 0 Å². The van der Waals surface area contributed by atoms with Gasteiger partial charge in [0.05, 0.1) is 6.61 Å². The molecule has 22 heavy (non-hydrogen) atoms. The molecule has 0 radical (unpaired) electrons. The highest BCUT2D eigenvalue weighted by Crippen LogP contribution is 2.13. The fourth-order valence-corrected chi connectivity index (χ4v) is 0.968. The van der Waals surface area contributed by atoms with Gasteiger partial charge in [-0.1, -0.05) is 13.8 Å². The number of carbonyl (C=O) groups excluding carboxylic acids is 2. The SMILES string of the molecule is CC(=O)O.CCC(O)(CC)C(=O)O.CCOC(=O)CC(C)=O. The van der Waals surface area contributed by atoms with Gasteiger partial charge >= 0.3 is 11.9 Å². The number of esters is 1. The Morgan fingerprint density at radius 1 is 0.955 bits per heavy atom. The summed E-state index contributed by atoms with van der Waals surface area (Å²) in [5, 5.41) is 24.9. The zero-order valence-electron chi connectivity index (χ0n) is 13.7. The average molecular weight is 322 g/mol. The molecule has 0 aromatic carbocycles. The van der Waals surface area contributed by atoms with E-state index in [4.69, 9.17) is 20.1 Å². The summed E-state index contributed by atoms with van der Waals surface area (Å²) in [7, 11) is 0. The standard InChI is InChI=1S/C6H10O3.C6H12O3.C2H4O2/c1-3-9-6(8)4-5(2)7;1-3-6(9,4-2)5(7)8;1-2(3)4/h3-4H2,1-2H3;9H,3-4H2,1-2H3,(H,7,8);1H3,(H,3,4). The Morgan fingerprint density at radius 2 is 1.32 bits per heavy atom. The molecule has 0 aromatic heterocycles. The summed E-state index contributed by atoms with van der Waals surface area (Å²) >= 11 is 0. The fraction of sp³-hybridized carbons (Fsp3) is 0.714. The lowest BCUT2D eigenvalue weighted by Gasteiger charge is -2.18. The molecule has 8 nitrogen and oxygen atoms in total. The van der Waals surface area contributed by atoms with Crippen molar-refractivity contribution < 1.29 is 39.2 Å². The van der Waals surface area contributed by atoms with Crippen molar-refractivity contribution in [1.29, 1.82) is 0 Å². The van der Waals surface area contributed by atoms with Crippen molar-refractivity contribution in [2.45, 2.75) is 59.5 Å². The molecule has 0 fully saturated rings. The highest BCUT2D eigenvalue weighted by Gasteiger charge is 2.30. The molecule has 0 rings (SSSR count). The van der Waals surface area contributed by atoms with Crippen LogP contribution in [0.25, 0.3) is 0 Å². The maximum absolute atomic E-state index is 10.4. The molecule has 0 aromatic rings. The topological polar surface area (TPSA) is 138 Å². The van der Waals surface area contributed by atoms with Crippen LogP contribution in [0.15, 0.2) is 0 Å². The number of carboxylic acid groups (broad SMARTS) is 2. The van der Waals surface area contributed by atoms with Gasteiger partial charge in [-0.15, -0.1) is 0 Å². The third kappa shape index (κ3) is 18.0. The van der Waals surface area contributed by atoms with Crippen LogP contribution in [0, 0.1) is 0 Å². The number of hydrogen-bond acceptors (Lipinski definition) is 6. The minimum absolute atomic E-state index is 0.103. The van der Waals surface area contributed by atoms with Crippen LogP contribution in [-0.4, -0.2) is 51.2 Å². The van der Waals surface area contributed by atoms with E-state index in [9.17, 15) is 14.4 Å². The summed E-state index contributed by atoms with van der Waals surface area (Å²) in [4.78, 5) is 39.9.